The molecule has 0 saturated carbocycles. The van der Waals surface area contributed by atoms with E-state index in [4.69, 9.17) is 4.42 Å². The molecule has 4 heterocycles. The summed E-state index contributed by atoms with van der Waals surface area (Å²) < 4.78 is 33.5. The molecule has 0 spiro atoms. The van der Waals surface area contributed by atoms with E-state index >= 15 is 0 Å². The lowest BCUT2D eigenvalue weighted by molar-refractivity contribution is 0.115. The number of sulfonamides is 1. The quantitative estimate of drug-likeness (QED) is 0.644. The van der Waals surface area contributed by atoms with Crippen LogP contribution in [0.15, 0.2) is 37.6 Å². The average molecular weight is 474 g/mol. The maximum Gasteiger partial charge on any atom is 0.276 e. The standard InChI is InChI=1S/C18H24BrN3O3S2/c19-17-5-4-16(26-17)14-21-11-9-20(10-12-21)13-15-3-6-18(25-15)27(23,24)22-7-1-2-8-22/h3-6H,1-2,7-14H2. The Morgan fingerprint density at radius 2 is 1.59 bits per heavy atom. The first kappa shape index (κ1) is 19.6. The lowest BCUT2D eigenvalue weighted by Gasteiger charge is -2.33. The van der Waals surface area contributed by atoms with Crippen LogP contribution in [-0.4, -0.2) is 61.8 Å². The lowest BCUT2D eigenvalue weighted by Crippen LogP contribution is -2.45. The van der Waals surface area contributed by atoms with E-state index in [1.807, 2.05) is 0 Å². The second-order valence-electron chi connectivity index (χ2n) is 7.09. The van der Waals surface area contributed by atoms with Crippen molar-refractivity contribution < 1.29 is 12.8 Å². The van der Waals surface area contributed by atoms with Crippen molar-refractivity contribution in [1.82, 2.24) is 14.1 Å². The number of hydrogen-bond acceptors (Lipinski definition) is 6. The summed E-state index contributed by atoms with van der Waals surface area (Å²) in [4.78, 5) is 6.16. The molecular formula is C18H24BrN3O3S2. The summed E-state index contributed by atoms with van der Waals surface area (Å²) in [7, 11) is -3.46. The van der Waals surface area contributed by atoms with Crippen molar-refractivity contribution in [2.45, 2.75) is 31.0 Å². The van der Waals surface area contributed by atoms with Gasteiger partial charge in [-0.3, -0.25) is 9.80 Å². The number of hydrogen-bond donors (Lipinski definition) is 0. The molecule has 9 heteroatoms. The van der Waals surface area contributed by atoms with Crippen molar-refractivity contribution in [2.75, 3.05) is 39.3 Å². The van der Waals surface area contributed by atoms with Crippen LogP contribution >= 0.6 is 27.3 Å². The van der Waals surface area contributed by atoms with Crippen molar-refractivity contribution in [3.05, 3.63) is 38.7 Å². The molecule has 0 aromatic carbocycles. The Morgan fingerprint density at radius 3 is 2.22 bits per heavy atom. The molecular weight excluding hydrogens is 450 g/mol. The zero-order valence-electron chi connectivity index (χ0n) is 15.1. The van der Waals surface area contributed by atoms with E-state index in [0.29, 0.717) is 19.6 Å². The Hall–Kier alpha value is -0.710. The van der Waals surface area contributed by atoms with Crippen LogP contribution in [0.2, 0.25) is 0 Å². The topological polar surface area (TPSA) is 57.0 Å². The van der Waals surface area contributed by atoms with Crippen molar-refractivity contribution in [2.24, 2.45) is 0 Å². The molecule has 2 aromatic rings. The Kier molecular flexibility index (Phi) is 6.06. The van der Waals surface area contributed by atoms with Crippen LogP contribution in [0.3, 0.4) is 0 Å². The van der Waals surface area contributed by atoms with Crippen LogP contribution in [-0.2, 0) is 23.1 Å². The third-order valence-electron chi connectivity index (χ3n) is 5.15. The maximum absolute atomic E-state index is 12.6. The molecule has 2 saturated heterocycles. The zero-order chi connectivity index (χ0) is 18.9. The predicted molar refractivity (Wildman–Crippen MR) is 109 cm³/mol. The summed E-state index contributed by atoms with van der Waals surface area (Å²) >= 11 is 5.30. The third-order valence-corrected chi connectivity index (χ3v) is 8.53. The first-order chi connectivity index (χ1) is 13.0. The van der Waals surface area contributed by atoms with Gasteiger partial charge >= 0.3 is 0 Å². The number of nitrogens with zero attached hydrogens (tertiary/aromatic N) is 3. The van der Waals surface area contributed by atoms with Gasteiger partial charge in [-0.2, -0.15) is 4.31 Å². The highest BCUT2D eigenvalue weighted by molar-refractivity contribution is 9.11. The van der Waals surface area contributed by atoms with E-state index in [1.165, 1.54) is 13.0 Å². The van der Waals surface area contributed by atoms with Crippen LogP contribution in [0.1, 0.15) is 23.5 Å². The number of piperazine rings is 1. The SMILES string of the molecule is O=S(=O)(c1ccc(CN2CCN(Cc3ccc(Br)s3)CC2)o1)N1CCCC1. The van der Waals surface area contributed by atoms with Gasteiger partial charge < -0.3 is 4.42 Å². The molecule has 0 amide bonds. The Bertz CT molecular complexity index is 866. The Labute approximate surface area is 172 Å². The van der Waals surface area contributed by atoms with E-state index in [2.05, 4.69) is 37.9 Å². The molecule has 2 fully saturated rings. The van der Waals surface area contributed by atoms with Gasteiger partial charge in [-0.1, -0.05) is 0 Å². The van der Waals surface area contributed by atoms with Gasteiger partial charge in [-0.05, 0) is 53.0 Å². The van der Waals surface area contributed by atoms with Crippen LogP contribution in [0.5, 0.6) is 0 Å². The lowest BCUT2D eigenvalue weighted by atomic mass is 10.3. The largest absolute Gasteiger partial charge is 0.447 e. The fraction of sp³-hybridized carbons (Fsp3) is 0.556. The summed E-state index contributed by atoms with van der Waals surface area (Å²) in [5.74, 6) is 0.725. The summed E-state index contributed by atoms with van der Waals surface area (Å²) in [5.41, 5.74) is 0. The van der Waals surface area contributed by atoms with E-state index in [9.17, 15) is 8.42 Å². The number of halogens is 1. The van der Waals surface area contributed by atoms with Gasteiger partial charge in [0.05, 0.1) is 10.3 Å². The highest BCUT2D eigenvalue weighted by Gasteiger charge is 2.30. The molecule has 0 radical (unpaired) electrons. The smallest absolute Gasteiger partial charge is 0.276 e. The molecule has 2 aromatic heterocycles. The molecule has 148 valence electrons. The number of thiophene rings is 1. The van der Waals surface area contributed by atoms with Crippen molar-refractivity contribution in [3.63, 3.8) is 0 Å². The molecule has 0 aliphatic carbocycles. The number of rotatable bonds is 6. The van der Waals surface area contributed by atoms with Crippen LogP contribution in [0.4, 0.5) is 0 Å². The molecule has 27 heavy (non-hydrogen) atoms. The van der Waals surface area contributed by atoms with Crippen molar-refractivity contribution >= 4 is 37.3 Å². The first-order valence-corrected chi connectivity index (χ1v) is 12.3. The van der Waals surface area contributed by atoms with Crippen LogP contribution in [0.25, 0.3) is 0 Å². The summed E-state index contributed by atoms with van der Waals surface area (Å²) in [5, 5.41) is 0.0845. The van der Waals surface area contributed by atoms with E-state index in [1.54, 1.807) is 23.5 Å². The minimum absolute atomic E-state index is 0.0845. The van der Waals surface area contributed by atoms with E-state index in [-0.39, 0.29) is 5.09 Å². The molecule has 2 aliphatic rings. The Morgan fingerprint density at radius 1 is 0.926 bits per heavy atom. The monoisotopic (exact) mass is 473 g/mol. The van der Waals surface area contributed by atoms with Gasteiger partial charge in [0.15, 0.2) is 0 Å². The van der Waals surface area contributed by atoms with Crippen LogP contribution in [0, 0.1) is 0 Å². The first-order valence-electron chi connectivity index (χ1n) is 9.28. The molecule has 0 atom stereocenters. The van der Waals surface area contributed by atoms with E-state index < -0.39 is 10.0 Å². The zero-order valence-corrected chi connectivity index (χ0v) is 18.4. The van der Waals surface area contributed by atoms with Gasteiger partial charge in [-0.25, -0.2) is 8.42 Å². The summed E-state index contributed by atoms with van der Waals surface area (Å²) in [6.45, 7) is 6.78. The highest BCUT2D eigenvalue weighted by Crippen LogP contribution is 2.25. The van der Waals surface area contributed by atoms with Crippen molar-refractivity contribution in [3.8, 4) is 0 Å². The molecule has 0 N–H and O–H groups in total. The molecule has 0 bridgehead atoms. The second-order valence-corrected chi connectivity index (χ2v) is 11.5. The maximum atomic E-state index is 12.6. The van der Waals surface area contributed by atoms with Gasteiger partial charge in [-0.15, -0.1) is 11.3 Å². The summed E-state index contributed by atoms with van der Waals surface area (Å²) in [6, 6.07) is 7.68. The predicted octanol–water partition coefficient (Wildman–Crippen LogP) is 3.21. The normalized spacial score (nSPS) is 20.5. The fourth-order valence-electron chi connectivity index (χ4n) is 3.62. The van der Waals surface area contributed by atoms with Crippen molar-refractivity contribution in [1.29, 1.82) is 0 Å². The average Bonchev–Trinajstić information content (AvgIpc) is 3.39. The summed E-state index contributed by atoms with van der Waals surface area (Å²) in [6.07, 6.45) is 1.86. The fourth-order valence-corrected chi connectivity index (χ4v) is 6.59. The third kappa shape index (κ3) is 4.65. The minimum atomic E-state index is -3.46. The van der Waals surface area contributed by atoms with Crippen LogP contribution < -0.4 is 0 Å². The van der Waals surface area contributed by atoms with Gasteiger partial charge in [0.1, 0.15) is 5.76 Å². The molecule has 0 unspecified atom stereocenters. The van der Waals surface area contributed by atoms with Gasteiger partial charge in [0.25, 0.3) is 10.0 Å². The van der Waals surface area contributed by atoms with E-state index in [0.717, 1.165) is 51.3 Å². The molecule has 6 nitrogen and oxygen atoms in total. The minimum Gasteiger partial charge on any atom is -0.447 e. The number of furan rings is 1. The molecule has 2 aliphatic heterocycles. The molecule has 4 rings (SSSR count). The highest BCUT2D eigenvalue weighted by atomic mass is 79.9. The van der Waals surface area contributed by atoms with Gasteiger partial charge in [0.2, 0.25) is 5.09 Å². The van der Waals surface area contributed by atoms with Gasteiger partial charge in [0, 0.05) is 50.7 Å². The second kappa shape index (κ2) is 8.34. The Balaban J connectivity index is 1.30.